The quantitative estimate of drug-likeness (QED) is 0.771. The van der Waals surface area contributed by atoms with Crippen LogP contribution in [0.15, 0.2) is 18.2 Å². The SMILES string of the molecule is Cc1cc(NC(=O)C(C)C2CNC2)ccc1C(=O)NC(C)C.Cl. The number of halogens is 1. The van der Waals surface area contributed by atoms with Gasteiger partial charge < -0.3 is 16.0 Å². The number of benzene rings is 1. The maximum absolute atomic E-state index is 12.2. The molecule has 128 valence electrons. The molecule has 1 aliphatic heterocycles. The van der Waals surface area contributed by atoms with Crippen LogP contribution in [0.4, 0.5) is 5.69 Å². The van der Waals surface area contributed by atoms with Crippen molar-refractivity contribution in [2.45, 2.75) is 33.7 Å². The molecule has 1 aromatic rings. The normalized spacial score (nSPS) is 15.3. The first-order chi connectivity index (χ1) is 10.4. The molecule has 0 aliphatic carbocycles. The molecule has 0 spiro atoms. The molecule has 1 unspecified atom stereocenters. The third kappa shape index (κ3) is 4.94. The molecule has 1 saturated heterocycles. The third-order valence-corrected chi connectivity index (χ3v) is 4.09. The summed E-state index contributed by atoms with van der Waals surface area (Å²) in [7, 11) is 0. The summed E-state index contributed by atoms with van der Waals surface area (Å²) in [6.45, 7) is 9.50. The van der Waals surface area contributed by atoms with Gasteiger partial charge in [0.25, 0.3) is 5.91 Å². The Morgan fingerprint density at radius 2 is 1.87 bits per heavy atom. The van der Waals surface area contributed by atoms with Gasteiger partial charge in [-0.2, -0.15) is 0 Å². The average molecular weight is 340 g/mol. The van der Waals surface area contributed by atoms with Gasteiger partial charge in [-0.3, -0.25) is 9.59 Å². The number of carbonyl (C=O) groups is 2. The zero-order valence-electron chi connectivity index (χ0n) is 14.1. The summed E-state index contributed by atoms with van der Waals surface area (Å²) in [6.07, 6.45) is 0. The van der Waals surface area contributed by atoms with Crippen LogP contribution >= 0.6 is 12.4 Å². The number of hydrogen-bond donors (Lipinski definition) is 3. The van der Waals surface area contributed by atoms with E-state index in [9.17, 15) is 9.59 Å². The van der Waals surface area contributed by atoms with Gasteiger partial charge >= 0.3 is 0 Å². The Morgan fingerprint density at radius 3 is 2.35 bits per heavy atom. The number of amides is 2. The van der Waals surface area contributed by atoms with Crippen LogP contribution in [0.3, 0.4) is 0 Å². The van der Waals surface area contributed by atoms with Gasteiger partial charge in [0.2, 0.25) is 5.91 Å². The third-order valence-electron chi connectivity index (χ3n) is 4.09. The minimum absolute atomic E-state index is 0. The van der Waals surface area contributed by atoms with Crippen LogP contribution in [-0.2, 0) is 4.79 Å². The summed E-state index contributed by atoms with van der Waals surface area (Å²) in [5.74, 6) is 0.354. The first-order valence-corrected chi connectivity index (χ1v) is 7.81. The van der Waals surface area contributed by atoms with Crippen LogP contribution in [0.1, 0.15) is 36.7 Å². The lowest BCUT2D eigenvalue weighted by Crippen LogP contribution is -2.48. The van der Waals surface area contributed by atoms with E-state index in [0.717, 1.165) is 24.3 Å². The van der Waals surface area contributed by atoms with Gasteiger partial charge in [-0.05, 0) is 63.5 Å². The number of aryl methyl sites for hydroxylation is 1. The van der Waals surface area contributed by atoms with Gasteiger partial charge in [-0.1, -0.05) is 6.92 Å². The fourth-order valence-corrected chi connectivity index (χ4v) is 2.47. The highest BCUT2D eigenvalue weighted by atomic mass is 35.5. The molecular formula is C17H26ClN3O2. The average Bonchev–Trinajstić information content (AvgIpc) is 2.35. The molecule has 1 atom stereocenters. The smallest absolute Gasteiger partial charge is 0.251 e. The van der Waals surface area contributed by atoms with Gasteiger partial charge in [0.15, 0.2) is 0 Å². The van der Waals surface area contributed by atoms with Crippen molar-refractivity contribution in [1.29, 1.82) is 0 Å². The molecule has 0 aromatic heterocycles. The first-order valence-electron chi connectivity index (χ1n) is 7.81. The summed E-state index contributed by atoms with van der Waals surface area (Å²) < 4.78 is 0. The molecule has 5 nitrogen and oxygen atoms in total. The van der Waals surface area contributed by atoms with Crippen molar-refractivity contribution in [2.24, 2.45) is 11.8 Å². The molecule has 1 fully saturated rings. The topological polar surface area (TPSA) is 70.2 Å². The lowest BCUT2D eigenvalue weighted by molar-refractivity contribution is -0.121. The minimum atomic E-state index is -0.0840. The highest BCUT2D eigenvalue weighted by molar-refractivity contribution is 5.97. The van der Waals surface area contributed by atoms with Crippen molar-refractivity contribution in [1.82, 2.24) is 10.6 Å². The largest absolute Gasteiger partial charge is 0.350 e. The van der Waals surface area contributed by atoms with Crippen molar-refractivity contribution in [3.63, 3.8) is 0 Å². The minimum Gasteiger partial charge on any atom is -0.350 e. The number of carbonyl (C=O) groups excluding carboxylic acids is 2. The number of anilines is 1. The van der Waals surface area contributed by atoms with Crippen LogP contribution in [0.2, 0.25) is 0 Å². The lowest BCUT2D eigenvalue weighted by atomic mass is 9.88. The van der Waals surface area contributed by atoms with Crippen molar-refractivity contribution in [3.05, 3.63) is 29.3 Å². The molecule has 6 heteroatoms. The van der Waals surface area contributed by atoms with E-state index in [2.05, 4.69) is 16.0 Å². The molecule has 2 amide bonds. The van der Waals surface area contributed by atoms with Crippen molar-refractivity contribution in [2.75, 3.05) is 18.4 Å². The second-order valence-electron chi connectivity index (χ2n) is 6.35. The van der Waals surface area contributed by atoms with Crippen molar-refractivity contribution in [3.8, 4) is 0 Å². The second kappa shape index (κ2) is 8.31. The van der Waals surface area contributed by atoms with E-state index in [1.165, 1.54) is 0 Å². The van der Waals surface area contributed by atoms with E-state index in [0.29, 0.717) is 11.5 Å². The standard InChI is InChI=1S/C17H25N3O2.ClH/c1-10(2)19-17(22)15-6-5-14(7-11(15)3)20-16(21)12(4)13-8-18-9-13;/h5-7,10,12-13,18H,8-9H2,1-4H3,(H,19,22)(H,20,21);1H. The zero-order valence-corrected chi connectivity index (χ0v) is 14.9. The molecule has 1 heterocycles. The predicted molar refractivity (Wildman–Crippen MR) is 95.2 cm³/mol. The summed E-state index contributed by atoms with van der Waals surface area (Å²) in [5, 5.41) is 9.00. The highest BCUT2D eigenvalue weighted by Crippen LogP contribution is 2.20. The Morgan fingerprint density at radius 1 is 1.22 bits per heavy atom. The van der Waals surface area contributed by atoms with Crippen LogP contribution in [0.5, 0.6) is 0 Å². The van der Waals surface area contributed by atoms with E-state index in [4.69, 9.17) is 0 Å². The Bertz CT molecular complexity index is 571. The summed E-state index contributed by atoms with van der Waals surface area (Å²) in [4.78, 5) is 24.3. The first kappa shape index (κ1) is 19.5. The Labute approximate surface area is 144 Å². The molecular weight excluding hydrogens is 314 g/mol. The molecule has 3 N–H and O–H groups in total. The molecule has 23 heavy (non-hydrogen) atoms. The van der Waals surface area contributed by atoms with Crippen LogP contribution < -0.4 is 16.0 Å². The maximum Gasteiger partial charge on any atom is 0.251 e. The molecule has 0 saturated carbocycles. The summed E-state index contributed by atoms with van der Waals surface area (Å²) in [5.41, 5.74) is 2.24. The second-order valence-corrected chi connectivity index (χ2v) is 6.35. The fraction of sp³-hybridized carbons (Fsp3) is 0.529. The zero-order chi connectivity index (χ0) is 16.3. The van der Waals surface area contributed by atoms with Crippen molar-refractivity contribution < 1.29 is 9.59 Å². The number of nitrogens with one attached hydrogen (secondary N) is 3. The predicted octanol–water partition coefficient (Wildman–Crippen LogP) is 2.35. The van der Waals surface area contributed by atoms with Gasteiger partial charge in [0, 0.05) is 23.2 Å². The summed E-state index contributed by atoms with van der Waals surface area (Å²) in [6, 6.07) is 5.49. The fourth-order valence-electron chi connectivity index (χ4n) is 2.47. The van der Waals surface area contributed by atoms with Gasteiger partial charge in [0.1, 0.15) is 0 Å². The molecule has 0 bridgehead atoms. The molecule has 1 aliphatic rings. The van der Waals surface area contributed by atoms with E-state index in [1.807, 2.05) is 33.8 Å². The molecule has 1 aromatic carbocycles. The van der Waals surface area contributed by atoms with E-state index in [-0.39, 0.29) is 36.2 Å². The monoisotopic (exact) mass is 339 g/mol. The lowest BCUT2D eigenvalue weighted by Gasteiger charge is -2.31. The van der Waals surface area contributed by atoms with E-state index in [1.54, 1.807) is 12.1 Å². The highest BCUT2D eigenvalue weighted by Gasteiger charge is 2.28. The van der Waals surface area contributed by atoms with E-state index < -0.39 is 0 Å². The number of rotatable bonds is 5. The number of hydrogen-bond acceptors (Lipinski definition) is 3. The van der Waals surface area contributed by atoms with Crippen LogP contribution in [0.25, 0.3) is 0 Å². The molecule has 2 rings (SSSR count). The molecule has 0 radical (unpaired) electrons. The van der Waals surface area contributed by atoms with Gasteiger partial charge in [0.05, 0.1) is 0 Å². The van der Waals surface area contributed by atoms with Gasteiger partial charge in [-0.15, -0.1) is 12.4 Å². The maximum atomic E-state index is 12.2. The Kier molecular flexibility index (Phi) is 7.03. The Balaban J connectivity index is 0.00000264. The van der Waals surface area contributed by atoms with Crippen molar-refractivity contribution >= 4 is 29.9 Å². The summed E-state index contributed by atoms with van der Waals surface area (Å²) >= 11 is 0. The van der Waals surface area contributed by atoms with E-state index >= 15 is 0 Å². The van der Waals surface area contributed by atoms with Crippen LogP contribution in [-0.4, -0.2) is 30.9 Å². The Hall–Kier alpha value is -1.59. The van der Waals surface area contributed by atoms with Crippen LogP contribution in [0, 0.1) is 18.8 Å². The van der Waals surface area contributed by atoms with Gasteiger partial charge in [-0.25, -0.2) is 0 Å².